The molecule has 2 aromatic rings. The molecule has 2 amide bonds. The van der Waals surface area contributed by atoms with Crippen LogP contribution in [-0.4, -0.2) is 12.6 Å². The van der Waals surface area contributed by atoms with E-state index in [0.717, 1.165) is 12.1 Å². The van der Waals surface area contributed by atoms with Gasteiger partial charge in [0.2, 0.25) is 0 Å². The molecular formula is C16H14F4N2O. The Kier molecular flexibility index (Phi) is 4.88. The van der Waals surface area contributed by atoms with Gasteiger partial charge in [-0.3, -0.25) is 0 Å². The summed E-state index contributed by atoms with van der Waals surface area (Å²) in [5, 5.41) is 2.36. The first kappa shape index (κ1) is 16.8. The van der Waals surface area contributed by atoms with Crippen molar-refractivity contribution in [3.05, 3.63) is 71.0 Å². The van der Waals surface area contributed by atoms with Gasteiger partial charge in [0.05, 0.1) is 5.56 Å². The van der Waals surface area contributed by atoms with E-state index >= 15 is 0 Å². The van der Waals surface area contributed by atoms with E-state index in [1.54, 1.807) is 30.3 Å². The summed E-state index contributed by atoms with van der Waals surface area (Å²) < 4.78 is 52.2. The molecule has 1 atom stereocenters. The van der Waals surface area contributed by atoms with Gasteiger partial charge in [-0.2, -0.15) is 13.2 Å². The van der Waals surface area contributed by atoms with Gasteiger partial charge < -0.3 is 11.1 Å². The monoisotopic (exact) mass is 326 g/mol. The van der Waals surface area contributed by atoms with Gasteiger partial charge in [-0.05, 0) is 29.3 Å². The molecule has 1 unspecified atom stereocenters. The van der Waals surface area contributed by atoms with Gasteiger partial charge in [0.15, 0.2) is 0 Å². The van der Waals surface area contributed by atoms with Gasteiger partial charge in [-0.25, -0.2) is 9.18 Å². The minimum absolute atomic E-state index is 0.0416. The summed E-state index contributed by atoms with van der Waals surface area (Å²) in [7, 11) is 0. The maximum absolute atomic E-state index is 13.6. The zero-order valence-electron chi connectivity index (χ0n) is 11.9. The van der Waals surface area contributed by atoms with Gasteiger partial charge in [0.25, 0.3) is 0 Å². The highest BCUT2D eigenvalue weighted by atomic mass is 19.4. The first-order valence-corrected chi connectivity index (χ1v) is 6.73. The smallest absolute Gasteiger partial charge is 0.352 e. The lowest BCUT2D eigenvalue weighted by Gasteiger charge is -2.20. The summed E-state index contributed by atoms with van der Waals surface area (Å²) in [6.07, 6.45) is -4.66. The molecule has 3 nitrogen and oxygen atoms in total. The van der Waals surface area contributed by atoms with Crippen molar-refractivity contribution in [3.63, 3.8) is 0 Å². The summed E-state index contributed by atoms with van der Waals surface area (Å²) >= 11 is 0. The lowest BCUT2D eigenvalue weighted by Crippen LogP contribution is -2.33. The van der Waals surface area contributed by atoms with Crippen LogP contribution >= 0.6 is 0 Å². The zero-order valence-corrected chi connectivity index (χ0v) is 11.9. The van der Waals surface area contributed by atoms with Crippen molar-refractivity contribution in [2.24, 2.45) is 5.73 Å². The van der Waals surface area contributed by atoms with Crippen LogP contribution in [0.2, 0.25) is 0 Å². The lowest BCUT2D eigenvalue weighted by atomic mass is 9.90. The van der Waals surface area contributed by atoms with Crippen LogP contribution in [-0.2, 0) is 6.18 Å². The summed E-state index contributed by atoms with van der Waals surface area (Å²) in [6.45, 7) is -0.0416. The number of hydrogen-bond acceptors (Lipinski definition) is 1. The second-order valence-electron chi connectivity index (χ2n) is 4.98. The van der Waals surface area contributed by atoms with Crippen LogP contribution in [0.15, 0.2) is 48.5 Å². The number of carbonyl (C=O) groups excluding carboxylic acids is 1. The molecule has 0 spiro atoms. The van der Waals surface area contributed by atoms with Gasteiger partial charge in [0.1, 0.15) is 5.82 Å². The topological polar surface area (TPSA) is 55.1 Å². The van der Waals surface area contributed by atoms with Crippen molar-refractivity contribution < 1.29 is 22.4 Å². The van der Waals surface area contributed by atoms with E-state index in [4.69, 9.17) is 5.73 Å². The maximum Gasteiger partial charge on any atom is 0.416 e. The standard InChI is InChI=1S/C16H14F4N2O/c17-13-7-11(6-12(8-13)16(18,19)20)14(9-22-15(21)23)10-4-2-1-3-5-10/h1-8,14H,9H2,(H3,21,22,23). The normalized spacial score (nSPS) is 12.7. The first-order valence-electron chi connectivity index (χ1n) is 6.73. The highest BCUT2D eigenvalue weighted by Crippen LogP contribution is 2.33. The number of rotatable bonds is 4. The van der Waals surface area contributed by atoms with E-state index in [1.165, 1.54) is 0 Å². The van der Waals surface area contributed by atoms with Crippen LogP contribution in [0.5, 0.6) is 0 Å². The number of amides is 2. The van der Waals surface area contributed by atoms with E-state index < -0.39 is 29.5 Å². The fourth-order valence-corrected chi connectivity index (χ4v) is 2.29. The molecule has 0 saturated carbocycles. The molecule has 0 aliphatic heterocycles. The number of primary amides is 1. The largest absolute Gasteiger partial charge is 0.416 e. The molecule has 0 heterocycles. The number of hydrogen-bond donors (Lipinski definition) is 2. The van der Waals surface area contributed by atoms with Crippen LogP contribution in [0.3, 0.4) is 0 Å². The minimum Gasteiger partial charge on any atom is -0.352 e. The highest BCUT2D eigenvalue weighted by Gasteiger charge is 2.32. The van der Waals surface area contributed by atoms with Crippen molar-refractivity contribution in [3.8, 4) is 0 Å². The first-order chi connectivity index (χ1) is 10.8. The van der Waals surface area contributed by atoms with E-state index in [1.807, 2.05) is 0 Å². The van der Waals surface area contributed by atoms with E-state index in [2.05, 4.69) is 5.32 Å². The van der Waals surface area contributed by atoms with E-state index in [-0.39, 0.29) is 12.1 Å². The van der Waals surface area contributed by atoms with Gasteiger partial charge in [0, 0.05) is 12.5 Å². The Labute approximate surface area is 130 Å². The summed E-state index contributed by atoms with van der Waals surface area (Å²) in [4.78, 5) is 10.9. The second kappa shape index (κ2) is 6.68. The fraction of sp³-hybridized carbons (Fsp3) is 0.188. The third kappa shape index (κ3) is 4.45. The maximum atomic E-state index is 13.6. The van der Waals surface area contributed by atoms with Crippen molar-refractivity contribution in [2.45, 2.75) is 12.1 Å². The Hall–Kier alpha value is -2.57. The fourth-order valence-electron chi connectivity index (χ4n) is 2.29. The van der Waals surface area contributed by atoms with Crippen LogP contribution in [0.25, 0.3) is 0 Å². The second-order valence-corrected chi connectivity index (χ2v) is 4.98. The molecule has 2 aromatic carbocycles. The Bertz CT molecular complexity index is 686. The molecule has 7 heteroatoms. The Balaban J connectivity index is 2.46. The molecule has 0 fully saturated rings. The summed E-state index contributed by atoms with van der Waals surface area (Å²) in [6, 6.07) is 10.1. The molecule has 23 heavy (non-hydrogen) atoms. The third-order valence-electron chi connectivity index (χ3n) is 3.33. The average Bonchev–Trinajstić information content (AvgIpc) is 2.47. The van der Waals surface area contributed by atoms with Gasteiger partial charge in [-0.15, -0.1) is 0 Å². The molecule has 0 bridgehead atoms. The number of nitrogens with two attached hydrogens (primary N) is 1. The Morgan fingerprint density at radius 2 is 1.74 bits per heavy atom. The molecule has 0 aliphatic carbocycles. The summed E-state index contributed by atoms with van der Waals surface area (Å²) in [5.41, 5.74) is 4.69. The van der Waals surface area contributed by atoms with Crippen molar-refractivity contribution in [1.82, 2.24) is 5.32 Å². The Morgan fingerprint density at radius 3 is 2.30 bits per heavy atom. The van der Waals surface area contributed by atoms with Crippen molar-refractivity contribution >= 4 is 6.03 Å². The lowest BCUT2D eigenvalue weighted by molar-refractivity contribution is -0.137. The molecule has 0 aromatic heterocycles. The number of nitrogens with one attached hydrogen (secondary N) is 1. The van der Waals surface area contributed by atoms with E-state index in [0.29, 0.717) is 11.6 Å². The van der Waals surface area contributed by atoms with Crippen molar-refractivity contribution in [2.75, 3.05) is 6.54 Å². The molecule has 0 saturated heterocycles. The number of carbonyl (C=O) groups is 1. The quantitative estimate of drug-likeness (QED) is 0.828. The zero-order chi connectivity index (χ0) is 17.0. The third-order valence-corrected chi connectivity index (χ3v) is 3.33. The summed E-state index contributed by atoms with van der Waals surface area (Å²) in [5.74, 6) is -1.64. The van der Waals surface area contributed by atoms with Gasteiger partial charge >= 0.3 is 12.2 Å². The predicted molar refractivity (Wildman–Crippen MR) is 77.3 cm³/mol. The molecular weight excluding hydrogens is 312 g/mol. The number of benzene rings is 2. The molecule has 0 aliphatic rings. The molecule has 2 rings (SSSR count). The van der Waals surface area contributed by atoms with Crippen LogP contribution in [0.1, 0.15) is 22.6 Å². The molecule has 3 N–H and O–H groups in total. The van der Waals surface area contributed by atoms with E-state index in [9.17, 15) is 22.4 Å². The van der Waals surface area contributed by atoms with Crippen LogP contribution in [0, 0.1) is 5.82 Å². The van der Waals surface area contributed by atoms with Crippen molar-refractivity contribution in [1.29, 1.82) is 0 Å². The molecule has 0 radical (unpaired) electrons. The number of urea groups is 1. The average molecular weight is 326 g/mol. The SMILES string of the molecule is NC(=O)NCC(c1ccccc1)c1cc(F)cc(C(F)(F)F)c1. The number of halogens is 4. The van der Waals surface area contributed by atoms with Crippen LogP contribution in [0.4, 0.5) is 22.4 Å². The van der Waals surface area contributed by atoms with Gasteiger partial charge in [-0.1, -0.05) is 30.3 Å². The number of alkyl halides is 3. The minimum atomic E-state index is -4.66. The van der Waals surface area contributed by atoms with Crippen LogP contribution < -0.4 is 11.1 Å². The Morgan fingerprint density at radius 1 is 1.09 bits per heavy atom. The molecule has 122 valence electrons. The predicted octanol–water partition coefficient (Wildman–Crippen LogP) is 3.64. The highest BCUT2D eigenvalue weighted by molar-refractivity contribution is 5.71.